The molecule has 1 fully saturated rings. The Balaban J connectivity index is 2.58. The van der Waals surface area contributed by atoms with E-state index in [1.54, 1.807) is 0 Å². The molecule has 0 radical (unpaired) electrons. The lowest BCUT2D eigenvalue weighted by molar-refractivity contribution is 0.0342. The fourth-order valence-electron chi connectivity index (χ4n) is 3.65. The Hall–Kier alpha value is -0.553. The van der Waals surface area contributed by atoms with Crippen LogP contribution in [0.3, 0.4) is 0 Å². The Bertz CT molecular complexity index is 416. The summed E-state index contributed by atoms with van der Waals surface area (Å²) in [6, 6.07) is 0. The Morgan fingerprint density at radius 2 is 1.68 bits per heavy atom. The van der Waals surface area contributed by atoms with Crippen molar-refractivity contribution in [2.45, 2.75) is 92.3 Å². The minimum atomic E-state index is -1.03. The summed E-state index contributed by atoms with van der Waals surface area (Å²) in [6.07, 6.45) is 5.59. The summed E-state index contributed by atoms with van der Waals surface area (Å²) in [4.78, 5) is 11.9. The molecule has 1 amide bonds. The molecule has 1 aliphatic rings. The number of amides is 1. The topological polar surface area (TPSA) is 47.6 Å². The van der Waals surface area contributed by atoms with Gasteiger partial charge in [-0.3, -0.25) is 0 Å². The van der Waals surface area contributed by atoms with Crippen LogP contribution in [0.4, 0.5) is 4.79 Å². The van der Waals surface area contributed by atoms with Gasteiger partial charge in [0, 0.05) is 13.2 Å². The molecule has 1 aliphatic carbocycles. The highest BCUT2D eigenvalue weighted by Gasteiger charge is 2.38. The molecule has 1 rings (SSSR count). The van der Waals surface area contributed by atoms with Gasteiger partial charge < -0.3 is 14.5 Å². The van der Waals surface area contributed by atoms with Gasteiger partial charge in [-0.2, -0.15) is 0 Å². The van der Waals surface area contributed by atoms with Crippen molar-refractivity contribution >= 4 is 15.1 Å². The van der Waals surface area contributed by atoms with E-state index < -0.39 is 14.6 Å². The molecule has 1 saturated carbocycles. The second kappa shape index (κ2) is 8.89. The summed E-state index contributed by atoms with van der Waals surface area (Å²) >= 11 is 0. The number of hydrogen-bond donors (Lipinski definition) is 1. The zero-order valence-corrected chi connectivity index (χ0v) is 19.0. The molecular weight excluding hydrogens is 330 g/mol. The van der Waals surface area contributed by atoms with Crippen LogP contribution < -0.4 is 5.32 Å². The molecule has 5 heteroatoms. The Labute approximate surface area is 157 Å². The summed E-state index contributed by atoms with van der Waals surface area (Å²) in [5.41, 5.74) is 0.154. The molecule has 1 N–H and O–H groups in total. The van der Waals surface area contributed by atoms with Crippen LogP contribution in [-0.4, -0.2) is 33.9 Å². The highest BCUT2D eigenvalue weighted by atomic mass is 28.3. The Morgan fingerprint density at radius 3 is 2.12 bits per heavy atom. The molecule has 0 unspecified atom stereocenters. The van der Waals surface area contributed by atoms with Crippen molar-refractivity contribution < 1.29 is 14.0 Å². The summed E-state index contributed by atoms with van der Waals surface area (Å²) in [6.45, 7) is 18.7. The largest absolute Gasteiger partial charge is 0.444 e. The standard InChI is InChI=1S/C20H41NO3Si/c1-18(2,3)16-9-11-20(12-10-16,15-23-25(7)8)13-14-21-17(22)24-19(4,5)6/h16,25H,9-15H2,1-8H3,(H,21,22)/t16-,20-. The van der Waals surface area contributed by atoms with Crippen molar-refractivity contribution in [1.82, 2.24) is 5.32 Å². The minimum Gasteiger partial charge on any atom is -0.444 e. The lowest BCUT2D eigenvalue weighted by Crippen LogP contribution is -2.40. The van der Waals surface area contributed by atoms with E-state index in [1.807, 2.05) is 20.8 Å². The molecular formula is C20H41NO3Si. The zero-order valence-electron chi connectivity index (χ0n) is 17.8. The van der Waals surface area contributed by atoms with Gasteiger partial charge in [0.15, 0.2) is 9.04 Å². The second-order valence-corrected chi connectivity index (χ2v) is 12.6. The molecule has 0 heterocycles. The highest BCUT2D eigenvalue weighted by molar-refractivity contribution is 6.48. The van der Waals surface area contributed by atoms with Crippen LogP contribution in [0.25, 0.3) is 0 Å². The lowest BCUT2D eigenvalue weighted by atomic mass is 9.63. The van der Waals surface area contributed by atoms with E-state index in [1.165, 1.54) is 25.7 Å². The molecule has 0 atom stereocenters. The predicted octanol–water partition coefficient (Wildman–Crippen LogP) is 5.12. The van der Waals surface area contributed by atoms with E-state index in [0.717, 1.165) is 18.9 Å². The van der Waals surface area contributed by atoms with Crippen molar-refractivity contribution in [2.24, 2.45) is 16.7 Å². The van der Waals surface area contributed by atoms with Gasteiger partial charge in [0.05, 0.1) is 0 Å². The number of carbonyl (C=O) groups excluding carboxylic acids is 1. The van der Waals surface area contributed by atoms with Crippen molar-refractivity contribution in [3.05, 3.63) is 0 Å². The molecule has 0 bridgehead atoms. The summed E-state index contributed by atoms with van der Waals surface area (Å²) in [5.74, 6) is 0.788. The van der Waals surface area contributed by atoms with E-state index in [-0.39, 0.29) is 11.5 Å². The summed E-state index contributed by atoms with van der Waals surface area (Å²) in [5, 5.41) is 2.93. The summed E-state index contributed by atoms with van der Waals surface area (Å²) < 4.78 is 11.5. The van der Waals surface area contributed by atoms with Crippen LogP contribution in [0.1, 0.15) is 73.6 Å². The van der Waals surface area contributed by atoms with Crippen molar-refractivity contribution in [3.8, 4) is 0 Å². The predicted molar refractivity (Wildman–Crippen MR) is 108 cm³/mol. The first-order chi connectivity index (χ1) is 11.3. The number of carbonyl (C=O) groups is 1. The van der Waals surface area contributed by atoms with Crippen LogP contribution in [-0.2, 0) is 9.16 Å². The molecule has 4 nitrogen and oxygen atoms in total. The number of alkyl carbamates (subject to hydrolysis) is 1. The molecule has 0 spiro atoms. The quantitative estimate of drug-likeness (QED) is 0.659. The zero-order chi connectivity index (χ0) is 19.3. The number of hydrogen-bond acceptors (Lipinski definition) is 3. The van der Waals surface area contributed by atoms with Gasteiger partial charge in [0.2, 0.25) is 0 Å². The van der Waals surface area contributed by atoms with E-state index in [9.17, 15) is 4.79 Å². The highest BCUT2D eigenvalue weighted by Crippen LogP contribution is 2.47. The van der Waals surface area contributed by atoms with E-state index in [4.69, 9.17) is 9.16 Å². The van der Waals surface area contributed by atoms with Gasteiger partial charge >= 0.3 is 6.09 Å². The van der Waals surface area contributed by atoms with E-state index in [2.05, 4.69) is 39.2 Å². The monoisotopic (exact) mass is 371 g/mol. The molecule has 0 aliphatic heterocycles. The first kappa shape index (κ1) is 22.5. The van der Waals surface area contributed by atoms with Crippen LogP contribution >= 0.6 is 0 Å². The third-order valence-corrected chi connectivity index (χ3v) is 6.15. The van der Waals surface area contributed by atoms with Crippen molar-refractivity contribution in [3.63, 3.8) is 0 Å². The van der Waals surface area contributed by atoms with Gasteiger partial charge in [-0.15, -0.1) is 0 Å². The van der Waals surface area contributed by atoms with Crippen LogP contribution in [0.2, 0.25) is 13.1 Å². The number of rotatable bonds is 6. The van der Waals surface area contributed by atoms with Crippen molar-refractivity contribution in [2.75, 3.05) is 13.2 Å². The number of nitrogens with one attached hydrogen (secondary N) is 1. The fourth-order valence-corrected chi connectivity index (χ4v) is 4.34. The Morgan fingerprint density at radius 1 is 1.12 bits per heavy atom. The lowest BCUT2D eigenvalue weighted by Gasteiger charge is -2.44. The first-order valence-corrected chi connectivity index (χ1v) is 12.7. The maximum Gasteiger partial charge on any atom is 0.407 e. The van der Waals surface area contributed by atoms with Gasteiger partial charge in [-0.1, -0.05) is 20.8 Å². The minimum absolute atomic E-state index is 0.216. The van der Waals surface area contributed by atoms with Crippen LogP contribution in [0, 0.1) is 16.7 Å². The molecule has 0 saturated heterocycles. The van der Waals surface area contributed by atoms with Crippen LogP contribution in [0.5, 0.6) is 0 Å². The van der Waals surface area contributed by atoms with Crippen molar-refractivity contribution in [1.29, 1.82) is 0 Å². The molecule has 148 valence electrons. The molecule has 0 aromatic carbocycles. The smallest absolute Gasteiger partial charge is 0.407 e. The maximum absolute atomic E-state index is 11.9. The van der Waals surface area contributed by atoms with Gasteiger partial charge in [-0.05, 0) is 82.7 Å². The van der Waals surface area contributed by atoms with Gasteiger partial charge in [0.1, 0.15) is 5.60 Å². The Kier molecular flexibility index (Phi) is 8.00. The third-order valence-electron chi connectivity index (χ3n) is 5.32. The molecule has 0 aromatic heterocycles. The van der Waals surface area contributed by atoms with Gasteiger partial charge in [0.25, 0.3) is 0 Å². The molecule has 0 aromatic rings. The van der Waals surface area contributed by atoms with Gasteiger partial charge in [-0.25, -0.2) is 4.79 Å². The summed E-state index contributed by atoms with van der Waals surface area (Å²) in [7, 11) is -1.03. The SMILES string of the molecule is C[SiH](C)OC[C@]1(CCNC(=O)OC(C)(C)C)CC[C@@H](C(C)(C)C)CC1. The third kappa shape index (κ3) is 8.58. The second-order valence-electron chi connectivity index (χ2n) is 10.2. The first-order valence-electron chi connectivity index (χ1n) is 9.91. The van der Waals surface area contributed by atoms with Crippen LogP contribution in [0.15, 0.2) is 0 Å². The van der Waals surface area contributed by atoms with E-state index in [0.29, 0.717) is 12.0 Å². The average molecular weight is 372 g/mol. The average Bonchev–Trinajstić information content (AvgIpc) is 2.43. The van der Waals surface area contributed by atoms with E-state index >= 15 is 0 Å². The fraction of sp³-hybridized carbons (Fsp3) is 0.950. The molecule has 25 heavy (non-hydrogen) atoms. The number of ether oxygens (including phenoxy) is 1. The maximum atomic E-state index is 11.9. The normalized spacial score (nSPS) is 25.1.